The van der Waals surface area contributed by atoms with Crippen molar-refractivity contribution in [1.29, 1.82) is 0 Å². The Labute approximate surface area is 159 Å². The molecule has 1 aliphatic rings. The number of amides is 1. The second-order valence-electron chi connectivity index (χ2n) is 6.90. The zero-order valence-corrected chi connectivity index (χ0v) is 16.2. The molecule has 1 atom stereocenters. The number of rotatable bonds is 7. The van der Waals surface area contributed by atoms with Gasteiger partial charge >= 0.3 is 0 Å². The average molecular weight is 381 g/mol. The Kier molecular flexibility index (Phi) is 7.82. The molecule has 2 rings (SSSR count). The maximum atomic E-state index is 14.0. The van der Waals surface area contributed by atoms with Gasteiger partial charge in [-0.15, -0.1) is 0 Å². The first-order chi connectivity index (χ1) is 12.9. The minimum absolute atomic E-state index is 0.0246. The SMILES string of the molecule is CCNC(=NCCC(=O)NC(C)C)NC1CCN(c2ccc(F)cc2F)C1. The Balaban J connectivity index is 1.89. The number of carbonyl (C=O) groups excluding carboxylic acids is 1. The van der Waals surface area contributed by atoms with E-state index in [1.165, 1.54) is 12.1 Å². The van der Waals surface area contributed by atoms with E-state index < -0.39 is 11.6 Å². The number of halogens is 2. The van der Waals surface area contributed by atoms with E-state index in [-0.39, 0.29) is 18.0 Å². The van der Waals surface area contributed by atoms with Gasteiger partial charge in [0.05, 0.1) is 12.2 Å². The van der Waals surface area contributed by atoms with Crippen molar-refractivity contribution in [3.63, 3.8) is 0 Å². The Hall–Kier alpha value is -2.38. The zero-order valence-electron chi connectivity index (χ0n) is 16.2. The van der Waals surface area contributed by atoms with Crippen molar-refractivity contribution in [2.45, 2.75) is 45.7 Å². The van der Waals surface area contributed by atoms with Gasteiger partial charge in [-0.3, -0.25) is 9.79 Å². The first-order valence-corrected chi connectivity index (χ1v) is 9.43. The molecule has 1 amide bonds. The van der Waals surface area contributed by atoms with E-state index in [1.54, 1.807) is 0 Å². The van der Waals surface area contributed by atoms with Crippen LogP contribution in [0, 0.1) is 11.6 Å². The second-order valence-corrected chi connectivity index (χ2v) is 6.90. The van der Waals surface area contributed by atoms with Crippen molar-refractivity contribution < 1.29 is 13.6 Å². The molecule has 1 aromatic rings. The minimum atomic E-state index is -0.576. The van der Waals surface area contributed by atoms with Gasteiger partial charge in [0, 0.05) is 44.2 Å². The van der Waals surface area contributed by atoms with Crippen molar-refractivity contribution in [1.82, 2.24) is 16.0 Å². The number of hydrogen-bond acceptors (Lipinski definition) is 3. The number of nitrogens with zero attached hydrogens (tertiary/aromatic N) is 2. The van der Waals surface area contributed by atoms with Gasteiger partial charge in [0.2, 0.25) is 5.91 Å². The van der Waals surface area contributed by atoms with E-state index in [9.17, 15) is 13.6 Å². The largest absolute Gasteiger partial charge is 0.367 e. The van der Waals surface area contributed by atoms with Crippen LogP contribution < -0.4 is 20.9 Å². The molecule has 27 heavy (non-hydrogen) atoms. The molecule has 0 bridgehead atoms. The van der Waals surface area contributed by atoms with Gasteiger partial charge in [-0.25, -0.2) is 8.78 Å². The van der Waals surface area contributed by atoms with Crippen LogP contribution in [0.2, 0.25) is 0 Å². The maximum absolute atomic E-state index is 14.0. The number of benzene rings is 1. The quantitative estimate of drug-likeness (QED) is 0.499. The van der Waals surface area contributed by atoms with Crippen LogP contribution >= 0.6 is 0 Å². The van der Waals surface area contributed by atoms with Gasteiger partial charge in [-0.1, -0.05) is 0 Å². The van der Waals surface area contributed by atoms with E-state index in [0.717, 1.165) is 12.5 Å². The maximum Gasteiger partial charge on any atom is 0.222 e. The first kappa shape index (κ1) is 20.9. The summed E-state index contributed by atoms with van der Waals surface area (Å²) in [5.74, 6) is -0.509. The van der Waals surface area contributed by atoms with E-state index in [4.69, 9.17) is 0 Å². The molecule has 1 fully saturated rings. The molecule has 0 saturated carbocycles. The summed E-state index contributed by atoms with van der Waals surface area (Å²) in [6.45, 7) is 8.17. The molecular weight excluding hydrogens is 352 g/mol. The summed E-state index contributed by atoms with van der Waals surface area (Å²) in [5, 5.41) is 9.33. The van der Waals surface area contributed by atoms with Crippen LogP contribution in [-0.4, -0.2) is 50.1 Å². The molecule has 1 unspecified atom stereocenters. The van der Waals surface area contributed by atoms with Gasteiger partial charge in [0.1, 0.15) is 11.6 Å². The molecule has 1 saturated heterocycles. The highest BCUT2D eigenvalue weighted by Crippen LogP contribution is 2.24. The highest BCUT2D eigenvalue weighted by molar-refractivity contribution is 5.81. The molecule has 0 aromatic heterocycles. The van der Waals surface area contributed by atoms with Crippen LogP contribution in [0.5, 0.6) is 0 Å². The van der Waals surface area contributed by atoms with Crippen molar-refractivity contribution in [2.75, 3.05) is 31.1 Å². The number of anilines is 1. The fourth-order valence-electron chi connectivity index (χ4n) is 3.01. The summed E-state index contributed by atoms with van der Waals surface area (Å²) in [4.78, 5) is 18.0. The number of nitrogens with one attached hydrogen (secondary N) is 3. The van der Waals surface area contributed by atoms with E-state index in [1.807, 2.05) is 25.7 Å². The molecule has 150 valence electrons. The molecular formula is C19H29F2N5O. The average Bonchev–Trinajstić information content (AvgIpc) is 3.02. The van der Waals surface area contributed by atoms with E-state index >= 15 is 0 Å². The summed E-state index contributed by atoms with van der Waals surface area (Å²) in [5.41, 5.74) is 0.410. The van der Waals surface area contributed by atoms with E-state index in [0.29, 0.717) is 44.2 Å². The van der Waals surface area contributed by atoms with Crippen LogP contribution in [-0.2, 0) is 4.79 Å². The lowest BCUT2D eigenvalue weighted by Gasteiger charge is -2.21. The highest BCUT2D eigenvalue weighted by atomic mass is 19.1. The molecule has 0 aliphatic carbocycles. The predicted molar refractivity (Wildman–Crippen MR) is 104 cm³/mol. The Bertz CT molecular complexity index is 666. The number of hydrogen-bond donors (Lipinski definition) is 3. The monoisotopic (exact) mass is 381 g/mol. The minimum Gasteiger partial charge on any atom is -0.367 e. The van der Waals surface area contributed by atoms with Crippen molar-refractivity contribution in [3.8, 4) is 0 Å². The van der Waals surface area contributed by atoms with Crippen LogP contribution in [0.1, 0.15) is 33.6 Å². The summed E-state index contributed by atoms with van der Waals surface area (Å²) >= 11 is 0. The zero-order chi connectivity index (χ0) is 19.8. The molecule has 8 heteroatoms. The molecule has 6 nitrogen and oxygen atoms in total. The standard InChI is InChI=1S/C19H29F2N5O/c1-4-22-19(23-9-7-18(27)24-13(2)3)25-15-8-10-26(12-15)17-6-5-14(20)11-16(17)21/h5-6,11,13,15H,4,7-10,12H2,1-3H3,(H,24,27)(H2,22,23,25). The smallest absolute Gasteiger partial charge is 0.222 e. The molecule has 1 heterocycles. The number of carbonyl (C=O) groups is 1. The van der Waals surface area contributed by atoms with Crippen molar-refractivity contribution in [2.24, 2.45) is 4.99 Å². The Morgan fingerprint density at radius 2 is 2.15 bits per heavy atom. The number of aliphatic imine (C=N–C) groups is 1. The molecule has 1 aromatic carbocycles. The van der Waals surface area contributed by atoms with Crippen LogP contribution in [0.15, 0.2) is 23.2 Å². The van der Waals surface area contributed by atoms with Gasteiger partial charge < -0.3 is 20.9 Å². The highest BCUT2D eigenvalue weighted by Gasteiger charge is 2.25. The lowest BCUT2D eigenvalue weighted by molar-refractivity contribution is -0.121. The summed E-state index contributed by atoms with van der Waals surface area (Å²) in [6.07, 6.45) is 1.14. The topological polar surface area (TPSA) is 68.8 Å². The number of guanidine groups is 1. The Morgan fingerprint density at radius 3 is 2.81 bits per heavy atom. The molecule has 0 radical (unpaired) electrons. The predicted octanol–water partition coefficient (Wildman–Crippen LogP) is 2.01. The van der Waals surface area contributed by atoms with Crippen LogP contribution in [0.25, 0.3) is 0 Å². The lowest BCUT2D eigenvalue weighted by Crippen LogP contribution is -2.44. The third-order valence-electron chi connectivity index (χ3n) is 4.18. The summed E-state index contributed by atoms with van der Waals surface area (Å²) in [6, 6.07) is 3.86. The summed E-state index contributed by atoms with van der Waals surface area (Å²) in [7, 11) is 0. The third-order valence-corrected chi connectivity index (χ3v) is 4.18. The van der Waals surface area contributed by atoms with E-state index in [2.05, 4.69) is 20.9 Å². The van der Waals surface area contributed by atoms with Crippen molar-refractivity contribution >= 4 is 17.6 Å². The second kappa shape index (κ2) is 10.1. The normalized spacial score (nSPS) is 17.3. The Morgan fingerprint density at radius 1 is 1.37 bits per heavy atom. The van der Waals surface area contributed by atoms with Crippen LogP contribution in [0.3, 0.4) is 0 Å². The summed E-state index contributed by atoms with van der Waals surface area (Å²) < 4.78 is 27.1. The lowest BCUT2D eigenvalue weighted by atomic mass is 10.2. The van der Waals surface area contributed by atoms with Gasteiger partial charge in [-0.2, -0.15) is 0 Å². The van der Waals surface area contributed by atoms with Crippen LogP contribution in [0.4, 0.5) is 14.5 Å². The third kappa shape index (κ3) is 6.69. The van der Waals surface area contributed by atoms with Gasteiger partial charge in [0.25, 0.3) is 0 Å². The fraction of sp³-hybridized carbons (Fsp3) is 0.579. The van der Waals surface area contributed by atoms with Gasteiger partial charge in [-0.05, 0) is 39.3 Å². The van der Waals surface area contributed by atoms with Gasteiger partial charge in [0.15, 0.2) is 5.96 Å². The molecule has 0 spiro atoms. The molecule has 3 N–H and O–H groups in total. The fourth-order valence-corrected chi connectivity index (χ4v) is 3.01. The van der Waals surface area contributed by atoms with Crippen molar-refractivity contribution in [3.05, 3.63) is 29.8 Å². The molecule has 1 aliphatic heterocycles. The first-order valence-electron chi connectivity index (χ1n) is 9.43.